The van der Waals surface area contributed by atoms with Crippen LogP contribution in [0.25, 0.3) is 11.1 Å². The van der Waals surface area contributed by atoms with Gasteiger partial charge in [0, 0.05) is 17.7 Å². The summed E-state index contributed by atoms with van der Waals surface area (Å²) in [6.45, 7) is 4.77. The molecule has 0 aliphatic rings. The molecule has 3 rings (SSSR count). The molecule has 0 aliphatic heterocycles. The van der Waals surface area contributed by atoms with E-state index < -0.39 is 0 Å². The van der Waals surface area contributed by atoms with Gasteiger partial charge >= 0.3 is 0 Å². The van der Waals surface area contributed by atoms with E-state index in [1.165, 1.54) is 0 Å². The van der Waals surface area contributed by atoms with Crippen molar-refractivity contribution >= 4 is 23.8 Å². The van der Waals surface area contributed by atoms with E-state index in [0.717, 1.165) is 35.0 Å². The van der Waals surface area contributed by atoms with Gasteiger partial charge in [0.2, 0.25) is 0 Å². The van der Waals surface area contributed by atoms with Crippen LogP contribution in [0.15, 0.2) is 54.6 Å². The van der Waals surface area contributed by atoms with Crippen LogP contribution in [-0.4, -0.2) is 25.9 Å². The van der Waals surface area contributed by atoms with Crippen molar-refractivity contribution in [3.05, 3.63) is 81.9 Å². The van der Waals surface area contributed by atoms with Crippen molar-refractivity contribution < 1.29 is 19.1 Å². The lowest BCUT2D eigenvalue weighted by Crippen LogP contribution is -2.23. The second-order valence-corrected chi connectivity index (χ2v) is 7.80. The van der Waals surface area contributed by atoms with Crippen LogP contribution >= 0.6 is 11.6 Å². The van der Waals surface area contributed by atoms with Crippen LogP contribution in [0, 0.1) is 6.92 Å². The molecular formula is C26H26ClNO4. The average Bonchev–Trinajstić information content (AvgIpc) is 2.81. The summed E-state index contributed by atoms with van der Waals surface area (Å²) in [5.41, 5.74) is 4.60. The Morgan fingerprint density at radius 2 is 1.81 bits per heavy atom. The quantitative estimate of drug-likeness (QED) is 0.414. The zero-order chi connectivity index (χ0) is 23.1. The summed E-state index contributed by atoms with van der Waals surface area (Å²) >= 11 is 6.30. The molecule has 0 atom stereocenters. The van der Waals surface area contributed by atoms with Gasteiger partial charge in [-0.15, -0.1) is 0 Å². The number of aryl methyl sites for hydroxylation is 1. The van der Waals surface area contributed by atoms with Gasteiger partial charge in [0.05, 0.1) is 24.3 Å². The van der Waals surface area contributed by atoms with Crippen molar-refractivity contribution in [2.45, 2.75) is 26.8 Å². The SMILES string of the molecule is CCCOc1ccc(C(=O)NCc2cc(-c3ccc(C)c(C=O)c3)ccc2OC)c(Cl)c1. The Morgan fingerprint density at radius 1 is 1.06 bits per heavy atom. The van der Waals surface area contributed by atoms with E-state index in [1.807, 2.05) is 50.2 Å². The lowest BCUT2D eigenvalue weighted by molar-refractivity contribution is 0.0950. The van der Waals surface area contributed by atoms with Gasteiger partial charge in [-0.3, -0.25) is 9.59 Å². The molecule has 3 aromatic rings. The molecule has 32 heavy (non-hydrogen) atoms. The topological polar surface area (TPSA) is 64.6 Å². The van der Waals surface area contributed by atoms with E-state index in [-0.39, 0.29) is 12.5 Å². The molecule has 0 fully saturated rings. The first-order valence-electron chi connectivity index (χ1n) is 10.4. The fourth-order valence-electron chi connectivity index (χ4n) is 3.30. The van der Waals surface area contributed by atoms with Crippen molar-refractivity contribution in [1.29, 1.82) is 0 Å². The van der Waals surface area contributed by atoms with E-state index in [1.54, 1.807) is 25.3 Å². The summed E-state index contributed by atoms with van der Waals surface area (Å²) in [6, 6.07) is 16.5. The van der Waals surface area contributed by atoms with Gasteiger partial charge in [-0.05, 0) is 66.4 Å². The minimum Gasteiger partial charge on any atom is -0.496 e. The van der Waals surface area contributed by atoms with Crippen LogP contribution in [0.4, 0.5) is 0 Å². The van der Waals surface area contributed by atoms with Gasteiger partial charge in [0.25, 0.3) is 5.91 Å². The maximum absolute atomic E-state index is 12.7. The van der Waals surface area contributed by atoms with Crippen LogP contribution in [0.2, 0.25) is 5.02 Å². The fraction of sp³-hybridized carbons (Fsp3) is 0.231. The minimum atomic E-state index is -0.289. The van der Waals surface area contributed by atoms with E-state index >= 15 is 0 Å². The number of hydrogen-bond donors (Lipinski definition) is 1. The van der Waals surface area contributed by atoms with Crippen LogP contribution in [0.1, 0.15) is 45.2 Å². The van der Waals surface area contributed by atoms with Crippen molar-refractivity contribution in [1.82, 2.24) is 5.32 Å². The third-order valence-corrected chi connectivity index (χ3v) is 5.43. The molecule has 0 heterocycles. The molecule has 0 saturated heterocycles. The van der Waals surface area contributed by atoms with Crippen molar-refractivity contribution in [2.75, 3.05) is 13.7 Å². The van der Waals surface area contributed by atoms with E-state index in [2.05, 4.69) is 5.32 Å². The molecule has 166 valence electrons. The highest BCUT2D eigenvalue weighted by atomic mass is 35.5. The van der Waals surface area contributed by atoms with Crippen LogP contribution in [0.5, 0.6) is 11.5 Å². The van der Waals surface area contributed by atoms with Gasteiger partial charge in [-0.2, -0.15) is 0 Å². The standard InChI is InChI=1S/C26H26ClNO4/c1-4-11-32-22-8-9-23(24(27)14-22)26(30)28-15-20-12-19(7-10-25(20)31-3)18-6-5-17(2)21(13-18)16-29/h5-10,12-14,16H,4,11,15H2,1-3H3,(H,28,30). The van der Waals surface area contributed by atoms with Crippen LogP contribution < -0.4 is 14.8 Å². The maximum atomic E-state index is 12.7. The lowest BCUT2D eigenvalue weighted by atomic mass is 9.98. The number of benzene rings is 3. The third-order valence-electron chi connectivity index (χ3n) is 5.12. The van der Waals surface area contributed by atoms with Gasteiger partial charge < -0.3 is 14.8 Å². The van der Waals surface area contributed by atoms with Crippen LogP contribution in [0.3, 0.4) is 0 Å². The molecule has 5 nitrogen and oxygen atoms in total. The molecule has 6 heteroatoms. The minimum absolute atomic E-state index is 0.257. The van der Waals surface area contributed by atoms with E-state index in [9.17, 15) is 9.59 Å². The number of nitrogens with one attached hydrogen (secondary N) is 1. The number of rotatable bonds is 9. The number of carbonyl (C=O) groups excluding carboxylic acids is 2. The number of hydrogen-bond acceptors (Lipinski definition) is 4. The number of aldehydes is 1. The number of halogens is 1. The normalized spacial score (nSPS) is 10.5. The highest BCUT2D eigenvalue weighted by molar-refractivity contribution is 6.34. The molecule has 0 aromatic heterocycles. The number of methoxy groups -OCH3 is 1. The molecule has 0 radical (unpaired) electrons. The Morgan fingerprint density at radius 3 is 2.50 bits per heavy atom. The second-order valence-electron chi connectivity index (χ2n) is 7.39. The largest absolute Gasteiger partial charge is 0.496 e. The Balaban J connectivity index is 1.79. The average molecular weight is 452 g/mol. The van der Waals surface area contributed by atoms with E-state index in [0.29, 0.717) is 34.3 Å². The highest BCUT2D eigenvalue weighted by Crippen LogP contribution is 2.28. The summed E-state index contributed by atoms with van der Waals surface area (Å²) < 4.78 is 11.0. The molecule has 0 unspecified atom stereocenters. The molecule has 0 bridgehead atoms. The van der Waals surface area contributed by atoms with Crippen molar-refractivity contribution in [3.63, 3.8) is 0 Å². The van der Waals surface area contributed by atoms with Crippen molar-refractivity contribution in [2.24, 2.45) is 0 Å². The Hall–Kier alpha value is -3.31. The monoisotopic (exact) mass is 451 g/mol. The number of carbonyl (C=O) groups is 2. The maximum Gasteiger partial charge on any atom is 0.253 e. The number of amides is 1. The second kappa shape index (κ2) is 10.8. The molecule has 1 N–H and O–H groups in total. The first-order chi connectivity index (χ1) is 15.5. The lowest BCUT2D eigenvalue weighted by Gasteiger charge is -2.13. The number of ether oxygens (including phenoxy) is 2. The summed E-state index contributed by atoms with van der Waals surface area (Å²) in [6.07, 6.45) is 1.74. The Kier molecular flexibility index (Phi) is 7.90. The van der Waals surface area contributed by atoms with Gasteiger partial charge in [0.1, 0.15) is 17.8 Å². The zero-order valence-corrected chi connectivity index (χ0v) is 19.2. The smallest absolute Gasteiger partial charge is 0.253 e. The highest BCUT2D eigenvalue weighted by Gasteiger charge is 2.13. The Labute approximate surface area is 193 Å². The van der Waals surface area contributed by atoms with Crippen molar-refractivity contribution in [3.8, 4) is 22.6 Å². The van der Waals surface area contributed by atoms with E-state index in [4.69, 9.17) is 21.1 Å². The molecule has 0 saturated carbocycles. The Bertz CT molecular complexity index is 1130. The summed E-state index contributed by atoms with van der Waals surface area (Å²) in [5.74, 6) is 1.00. The molecule has 0 aliphatic carbocycles. The van der Waals surface area contributed by atoms with Crippen LogP contribution in [-0.2, 0) is 6.54 Å². The molecular weight excluding hydrogens is 426 g/mol. The predicted octanol–water partition coefficient (Wildman–Crippen LogP) is 5.86. The summed E-state index contributed by atoms with van der Waals surface area (Å²) in [4.78, 5) is 24.0. The zero-order valence-electron chi connectivity index (χ0n) is 18.4. The molecule has 0 spiro atoms. The van der Waals surface area contributed by atoms with Gasteiger partial charge in [0.15, 0.2) is 0 Å². The first kappa shape index (κ1) is 23.4. The summed E-state index contributed by atoms with van der Waals surface area (Å²) in [7, 11) is 1.59. The van der Waals surface area contributed by atoms with Gasteiger partial charge in [-0.25, -0.2) is 0 Å². The third kappa shape index (κ3) is 5.48. The first-order valence-corrected chi connectivity index (χ1v) is 10.8. The summed E-state index contributed by atoms with van der Waals surface area (Å²) in [5, 5.41) is 3.23. The predicted molar refractivity (Wildman–Crippen MR) is 127 cm³/mol. The van der Waals surface area contributed by atoms with Gasteiger partial charge in [-0.1, -0.05) is 36.7 Å². The molecule has 1 amide bonds. The molecule has 3 aromatic carbocycles. The fourth-order valence-corrected chi connectivity index (χ4v) is 3.56.